The van der Waals surface area contributed by atoms with E-state index in [9.17, 15) is 9.90 Å². The number of allylic oxidation sites excluding steroid dienone is 2. The summed E-state index contributed by atoms with van der Waals surface area (Å²) in [5.41, 5.74) is 10.3. The number of hydrogen-bond acceptors (Lipinski definition) is 10. The number of anilines is 1. The Morgan fingerprint density at radius 3 is 2.61 bits per heavy atom. The molecule has 1 aliphatic rings. The van der Waals surface area contributed by atoms with Crippen molar-refractivity contribution in [2.45, 2.75) is 79.7 Å². The average Bonchev–Trinajstić information content (AvgIpc) is 3.32. The maximum atomic E-state index is 12.7. The standard InChI is InChI=1S/C30H37ClN6O4/c1-7-8-21(39)15-40-22-9-10-24(31)23(11-22)28-35-27(26(18(5)32)19(6)38)17(4)29(36-28)37-13-20-12-33-30(41-16(2)3)34-25(20)14-37/h9-12,16,21,39H,7-8,13-15,32H2,1-6H3/t21-/m1/s1. The Kier molecular flexibility index (Phi) is 9.45. The van der Waals surface area contributed by atoms with Crippen LogP contribution in [0.3, 0.4) is 0 Å². The molecule has 0 saturated carbocycles. The van der Waals surface area contributed by atoms with Gasteiger partial charge >= 0.3 is 6.01 Å². The van der Waals surface area contributed by atoms with Gasteiger partial charge in [-0.25, -0.2) is 15.0 Å². The van der Waals surface area contributed by atoms with Gasteiger partial charge in [-0.15, -0.1) is 0 Å². The van der Waals surface area contributed by atoms with E-state index < -0.39 is 6.10 Å². The highest BCUT2D eigenvalue weighted by Crippen LogP contribution is 2.36. The van der Waals surface area contributed by atoms with Gasteiger partial charge in [-0.05, 0) is 59.2 Å². The lowest BCUT2D eigenvalue weighted by atomic mass is 10.0. The molecular weight excluding hydrogens is 544 g/mol. The summed E-state index contributed by atoms with van der Waals surface area (Å²) >= 11 is 6.65. The van der Waals surface area contributed by atoms with Gasteiger partial charge in [0.1, 0.15) is 18.2 Å². The van der Waals surface area contributed by atoms with Crippen molar-refractivity contribution >= 4 is 28.8 Å². The molecule has 0 fully saturated rings. The first-order valence-electron chi connectivity index (χ1n) is 13.7. The monoisotopic (exact) mass is 580 g/mol. The molecule has 0 bridgehead atoms. The molecule has 1 atom stereocenters. The number of rotatable bonds is 11. The summed E-state index contributed by atoms with van der Waals surface area (Å²) in [6.07, 6.45) is 2.64. The zero-order valence-electron chi connectivity index (χ0n) is 24.4. The minimum absolute atomic E-state index is 0.0459. The number of carbonyl (C=O) groups is 1. The first-order valence-corrected chi connectivity index (χ1v) is 14.1. The Morgan fingerprint density at radius 1 is 1.20 bits per heavy atom. The number of ketones is 1. The summed E-state index contributed by atoms with van der Waals surface area (Å²) in [5, 5.41) is 10.5. The van der Waals surface area contributed by atoms with Crippen LogP contribution in [0, 0.1) is 6.92 Å². The zero-order valence-corrected chi connectivity index (χ0v) is 25.1. The van der Waals surface area contributed by atoms with E-state index in [0.717, 1.165) is 17.7 Å². The third-order valence-electron chi connectivity index (χ3n) is 6.62. The molecule has 3 aromatic rings. The fourth-order valence-corrected chi connectivity index (χ4v) is 4.94. The first kappa shape index (κ1) is 30.2. The largest absolute Gasteiger partial charge is 0.491 e. The van der Waals surface area contributed by atoms with E-state index in [-0.39, 0.29) is 18.5 Å². The van der Waals surface area contributed by atoms with Crippen molar-refractivity contribution in [3.05, 3.63) is 57.6 Å². The van der Waals surface area contributed by atoms with Gasteiger partial charge in [0.25, 0.3) is 0 Å². The van der Waals surface area contributed by atoms with Gasteiger partial charge < -0.3 is 25.2 Å². The number of Topliss-reactive ketones (excluding diaryl/α,β-unsaturated/α-hetero) is 1. The molecule has 3 N–H and O–H groups in total. The second-order valence-electron chi connectivity index (χ2n) is 10.5. The zero-order chi connectivity index (χ0) is 29.8. The van der Waals surface area contributed by atoms with Crippen molar-refractivity contribution < 1.29 is 19.4 Å². The summed E-state index contributed by atoms with van der Waals surface area (Å²) in [4.78, 5) is 33.5. The highest BCUT2D eigenvalue weighted by molar-refractivity contribution is 6.33. The molecule has 3 heterocycles. The maximum Gasteiger partial charge on any atom is 0.316 e. The van der Waals surface area contributed by atoms with E-state index >= 15 is 0 Å². The van der Waals surface area contributed by atoms with Crippen LogP contribution >= 0.6 is 11.6 Å². The molecule has 0 aliphatic carbocycles. The number of halogens is 1. The molecule has 0 saturated heterocycles. The Morgan fingerprint density at radius 2 is 1.95 bits per heavy atom. The number of carbonyl (C=O) groups excluding carboxylic acids is 1. The molecule has 10 nitrogen and oxygen atoms in total. The van der Waals surface area contributed by atoms with Gasteiger partial charge in [0.15, 0.2) is 11.6 Å². The number of nitrogens with zero attached hydrogens (tertiary/aromatic N) is 5. The molecule has 0 amide bonds. The fraction of sp³-hybridized carbons (Fsp3) is 0.433. The van der Waals surface area contributed by atoms with Crippen LogP contribution in [0.4, 0.5) is 5.82 Å². The van der Waals surface area contributed by atoms with E-state index in [4.69, 9.17) is 36.8 Å². The molecule has 2 aromatic heterocycles. The van der Waals surface area contributed by atoms with E-state index in [1.807, 2.05) is 27.7 Å². The van der Waals surface area contributed by atoms with Gasteiger partial charge in [-0.3, -0.25) is 4.79 Å². The third-order valence-corrected chi connectivity index (χ3v) is 6.95. The number of fused-ring (bicyclic) bond motifs is 1. The molecule has 1 aromatic carbocycles. The predicted molar refractivity (Wildman–Crippen MR) is 159 cm³/mol. The van der Waals surface area contributed by atoms with Crippen LogP contribution in [-0.2, 0) is 17.9 Å². The number of aromatic nitrogens is 4. The minimum Gasteiger partial charge on any atom is -0.491 e. The van der Waals surface area contributed by atoms with Gasteiger partial charge in [0.05, 0.1) is 40.7 Å². The lowest BCUT2D eigenvalue weighted by Gasteiger charge is -2.22. The molecule has 0 unspecified atom stereocenters. The fourth-order valence-electron chi connectivity index (χ4n) is 4.73. The first-order chi connectivity index (χ1) is 19.5. The molecule has 4 rings (SSSR count). The van der Waals surface area contributed by atoms with Crippen molar-refractivity contribution in [1.82, 2.24) is 19.9 Å². The number of nitrogens with two attached hydrogens (primary N) is 1. The van der Waals surface area contributed by atoms with Gasteiger partial charge in [-0.1, -0.05) is 24.9 Å². The summed E-state index contributed by atoms with van der Waals surface area (Å²) < 4.78 is 11.5. The second-order valence-corrected chi connectivity index (χ2v) is 10.9. The van der Waals surface area contributed by atoms with Crippen LogP contribution in [0.2, 0.25) is 5.02 Å². The highest BCUT2D eigenvalue weighted by atomic mass is 35.5. The average molecular weight is 581 g/mol. The van der Waals surface area contributed by atoms with Crippen LogP contribution < -0.4 is 20.1 Å². The van der Waals surface area contributed by atoms with Crippen LogP contribution in [-0.4, -0.2) is 49.6 Å². The lowest BCUT2D eigenvalue weighted by molar-refractivity contribution is -0.111. The smallest absolute Gasteiger partial charge is 0.316 e. The molecule has 41 heavy (non-hydrogen) atoms. The van der Waals surface area contributed by atoms with Gasteiger partial charge in [-0.2, -0.15) is 4.98 Å². The van der Waals surface area contributed by atoms with Crippen LogP contribution in [0.1, 0.15) is 70.0 Å². The van der Waals surface area contributed by atoms with Crippen LogP contribution in [0.5, 0.6) is 11.8 Å². The third kappa shape index (κ3) is 6.94. The topological polar surface area (TPSA) is 137 Å². The predicted octanol–water partition coefficient (Wildman–Crippen LogP) is 5.02. The van der Waals surface area contributed by atoms with E-state index in [0.29, 0.717) is 76.0 Å². The van der Waals surface area contributed by atoms with E-state index in [2.05, 4.69) is 14.9 Å². The second kappa shape index (κ2) is 12.8. The number of hydrogen-bond donors (Lipinski definition) is 2. The Bertz CT molecular complexity index is 1470. The van der Waals surface area contributed by atoms with Crippen molar-refractivity contribution in [1.29, 1.82) is 0 Å². The molecule has 218 valence electrons. The quantitative estimate of drug-likeness (QED) is 0.297. The normalized spacial score (nSPS) is 14.1. The summed E-state index contributed by atoms with van der Waals surface area (Å²) in [6, 6.07) is 5.51. The SMILES string of the molecule is CCC[C@@H](O)COc1ccc(Cl)c(-c2nc(C(C(C)=O)=C(C)N)c(C)c(N3Cc4cnc(OC(C)C)nc4C3)n2)c1. The number of aliphatic hydroxyl groups excluding tert-OH is 1. The number of ether oxygens (including phenoxy) is 2. The molecule has 1 aliphatic heterocycles. The number of benzene rings is 1. The van der Waals surface area contributed by atoms with E-state index in [1.54, 1.807) is 31.3 Å². The minimum atomic E-state index is -0.574. The molecule has 0 spiro atoms. The van der Waals surface area contributed by atoms with Crippen LogP contribution in [0.25, 0.3) is 17.0 Å². The van der Waals surface area contributed by atoms with Crippen molar-refractivity contribution in [3.63, 3.8) is 0 Å². The van der Waals surface area contributed by atoms with Gasteiger partial charge in [0.2, 0.25) is 0 Å². The summed E-state index contributed by atoms with van der Waals surface area (Å²) in [7, 11) is 0. The van der Waals surface area contributed by atoms with Crippen molar-refractivity contribution in [2.24, 2.45) is 5.73 Å². The summed E-state index contributed by atoms with van der Waals surface area (Å²) in [6.45, 7) is 12.0. The summed E-state index contributed by atoms with van der Waals surface area (Å²) in [5.74, 6) is 1.25. The highest BCUT2D eigenvalue weighted by Gasteiger charge is 2.28. The van der Waals surface area contributed by atoms with E-state index in [1.165, 1.54) is 6.92 Å². The lowest BCUT2D eigenvalue weighted by Crippen LogP contribution is -2.20. The van der Waals surface area contributed by atoms with Crippen molar-refractivity contribution in [2.75, 3.05) is 11.5 Å². The molecule has 11 heteroatoms. The Balaban J connectivity index is 1.80. The Labute approximate surface area is 245 Å². The van der Waals surface area contributed by atoms with Gasteiger partial charge in [0, 0.05) is 35.1 Å². The van der Waals surface area contributed by atoms with Crippen molar-refractivity contribution in [3.8, 4) is 23.1 Å². The Hall–Kier alpha value is -3.76. The molecule has 0 radical (unpaired) electrons. The van der Waals surface area contributed by atoms with Crippen LogP contribution in [0.15, 0.2) is 30.1 Å². The molecular formula is C30H37ClN6O4. The maximum absolute atomic E-state index is 12.7. The number of aliphatic hydroxyl groups is 1.